The maximum atomic E-state index is 13.5. The van der Waals surface area contributed by atoms with Gasteiger partial charge in [-0.2, -0.15) is 0 Å². The third kappa shape index (κ3) is 6.57. The van der Waals surface area contributed by atoms with Crippen LogP contribution in [-0.2, 0) is 13.0 Å². The molecule has 2 aliphatic rings. The van der Waals surface area contributed by atoms with E-state index in [0.29, 0.717) is 54.1 Å². The van der Waals surface area contributed by atoms with Crippen LogP contribution in [0.1, 0.15) is 56.8 Å². The van der Waals surface area contributed by atoms with E-state index in [9.17, 15) is 14.7 Å². The first-order valence-corrected chi connectivity index (χ1v) is 17.0. The fourth-order valence-corrected chi connectivity index (χ4v) is 7.51. The number of nitrogens with zero attached hydrogens (tertiary/aromatic N) is 3. The van der Waals surface area contributed by atoms with Crippen molar-refractivity contribution in [3.8, 4) is 16.9 Å². The number of aromatic carboxylic acids is 1. The van der Waals surface area contributed by atoms with E-state index in [1.54, 1.807) is 0 Å². The van der Waals surface area contributed by atoms with E-state index in [0.717, 1.165) is 57.7 Å². The van der Waals surface area contributed by atoms with E-state index >= 15 is 0 Å². The van der Waals surface area contributed by atoms with Gasteiger partial charge in [-0.1, -0.05) is 47.7 Å². The van der Waals surface area contributed by atoms with Gasteiger partial charge in [-0.15, -0.1) is 0 Å². The lowest BCUT2D eigenvalue weighted by molar-refractivity contribution is 0.0691. The number of pyridine rings is 1. The molecular weight excluding hydrogens is 611 g/mol. The zero-order chi connectivity index (χ0) is 32.3. The highest BCUT2D eigenvalue weighted by atomic mass is 32.1. The molecule has 2 aromatic heterocycles. The molecular formula is C37H37N5O4S. The van der Waals surface area contributed by atoms with Crippen molar-refractivity contribution in [3.05, 3.63) is 101 Å². The van der Waals surface area contributed by atoms with Gasteiger partial charge in [0.15, 0.2) is 10.8 Å². The molecule has 4 heterocycles. The van der Waals surface area contributed by atoms with Gasteiger partial charge < -0.3 is 20.1 Å². The lowest BCUT2D eigenvalue weighted by Gasteiger charge is -2.31. The number of nitrogens with one attached hydrogen (secondary N) is 2. The quantitative estimate of drug-likeness (QED) is 0.157. The second kappa shape index (κ2) is 13.5. The Hall–Kier alpha value is -4.80. The lowest BCUT2D eigenvalue weighted by Crippen LogP contribution is -2.33. The van der Waals surface area contributed by atoms with E-state index in [1.807, 2.05) is 84.6 Å². The van der Waals surface area contributed by atoms with Gasteiger partial charge in [-0.05, 0) is 110 Å². The smallest absolute Gasteiger partial charge is 0.355 e. The maximum Gasteiger partial charge on any atom is 0.355 e. The predicted molar refractivity (Wildman–Crippen MR) is 186 cm³/mol. The molecule has 0 spiro atoms. The number of para-hydroxylation sites is 1. The molecule has 7 rings (SSSR count). The number of thiazole rings is 1. The summed E-state index contributed by atoms with van der Waals surface area (Å²) in [5, 5.41) is 17.2. The summed E-state index contributed by atoms with van der Waals surface area (Å²) < 4.78 is 7.21. The van der Waals surface area contributed by atoms with Crippen molar-refractivity contribution < 1.29 is 19.4 Å². The highest BCUT2D eigenvalue weighted by molar-refractivity contribution is 7.22. The number of benzene rings is 3. The first-order chi connectivity index (χ1) is 22.9. The molecule has 0 radical (unpaired) electrons. The van der Waals surface area contributed by atoms with Gasteiger partial charge in [0, 0.05) is 24.2 Å². The van der Waals surface area contributed by atoms with Crippen LogP contribution in [0.15, 0.2) is 72.8 Å². The van der Waals surface area contributed by atoms with E-state index < -0.39 is 5.97 Å². The monoisotopic (exact) mass is 647 g/mol. The van der Waals surface area contributed by atoms with Gasteiger partial charge in [-0.25, -0.2) is 14.8 Å². The summed E-state index contributed by atoms with van der Waals surface area (Å²) in [6.07, 6.45) is 4.05. The Morgan fingerprint density at radius 1 is 1.00 bits per heavy atom. The highest BCUT2D eigenvalue weighted by Crippen LogP contribution is 2.35. The van der Waals surface area contributed by atoms with Gasteiger partial charge >= 0.3 is 5.97 Å². The van der Waals surface area contributed by atoms with Crippen molar-refractivity contribution in [2.45, 2.75) is 39.2 Å². The molecule has 1 fully saturated rings. The Bertz CT molecular complexity index is 1920. The molecule has 9 nitrogen and oxygen atoms in total. The van der Waals surface area contributed by atoms with Crippen LogP contribution in [-0.4, -0.2) is 53.2 Å². The van der Waals surface area contributed by atoms with Crippen molar-refractivity contribution in [1.29, 1.82) is 0 Å². The molecule has 1 saturated heterocycles. The third-order valence-corrected chi connectivity index (χ3v) is 10.2. The van der Waals surface area contributed by atoms with Crippen molar-refractivity contribution in [2.75, 3.05) is 36.5 Å². The zero-order valence-corrected chi connectivity index (χ0v) is 27.1. The molecule has 0 unspecified atom stereocenters. The summed E-state index contributed by atoms with van der Waals surface area (Å²) in [4.78, 5) is 37.3. The topological polar surface area (TPSA) is 117 Å². The standard InChI is InChI=1S/C37H37N5O4S/c1-23-26(7-5-10-31(23)46-21-17-24-14-18-38-19-15-24)27-12-13-33(40-34(27)36(44)45)42-20-16-25-6-4-8-28(29(25)22-42)35(43)41-37-39-30-9-2-3-11-32(30)47-37/h2-13,24,38H,14-22H2,1H3,(H,44,45)(H,39,41,43). The summed E-state index contributed by atoms with van der Waals surface area (Å²) >= 11 is 1.44. The number of carbonyl (C=O) groups excluding carboxylic acids is 1. The van der Waals surface area contributed by atoms with Crippen LogP contribution < -0.4 is 20.3 Å². The molecule has 1 amide bonds. The molecule has 2 aliphatic heterocycles. The van der Waals surface area contributed by atoms with Gasteiger partial charge in [-0.3, -0.25) is 10.1 Å². The number of carboxylic acids is 1. The van der Waals surface area contributed by atoms with E-state index in [2.05, 4.69) is 20.6 Å². The Morgan fingerprint density at radius 3 is 2.66 bits per heavy atom. The minimum atomic E-state index is -1.09. The maximum absolute atomic E-state index is 13.5. The Labute approximate surface area is 277 Å². The van der Waals surface area contributed by atoms with Crippen LogP contribution in [0.3, 0.4) is 0 Å². The molecule has 0 aliphatic carbocycles. The number of hydrogen-bond acceptors (Lipinski definition) is 8. The molecule has 0 atom stereocenters. The second-order valence-corrected chi connectivity index (χ2v) is 13.2. The van der Waals surface area contributed by atoms with Gasteiger partial charge in [0.2, 0.25) is 0 Å². The first-order valence-electron chi connectivity index (χ1n) is 16.1. The van der Waals surface area contributed by atoms with Crippen LogP contribution >= 0.6 is 11.3 Å². The van der Waals surface area contributed by atoms with E-state index in [1.165, 1.54) is 24.2 Å². The summed E-state index contributed by atoms with van der Waals surface area (Å²) in [7, 11) is 0. The van der Waals surface area contributed by atoms with E-state index in [-0.39, 0.29) is 11.6 Å². The number of anilines is 2. The normalized spacial score (nSPS) is 15.0. The zero-order valence-electron chi connectivity index (χ0n) is 26.3. The first kappa shape index (κ1) is 30.8. The van der Waals surface area contributed by atoms with E-state index in [4.69, 9.17) is 4.74 Å². The van der Waals surface area contributed by atoms with Crippen molar-refractivity contribution >= 4 is 44.4 Å². The highest BCUT2D eigenvalue weighted by Gasteiger charge is 2.25. The number of hydrogen-bond donors (Lipinski definition) is 3. The van der Waals surface area contributed by atoms with Crippen molar-refractivity contribution in [1.82, 2.24) is 15.3 Å². The second-order valence-electron chi connectivity index (χ2n) is 12.2. The van der Waals surface area contributed by atoms with Gasteiger partial charge in [0.25, 0.3) is 5.91 Å². The van der Waals surface area contributed by atoms with Crippen LogP contribution in [0, 0.1) is 12.8 Å². The molecule has 0 bridgehead atoms. The summed E-state index contributed by atoms with van der Waals surface area (Å²) in [6.45, 7) is 5.81. The number of fused-ring (bicyclic) bond motifs is 2. The minimum absolute atomic E-state index is 0.00915. The summed E-state index contributed by atoms with van der Waals surface area (Å²) in [5.74, 6) is 0.685. The van der Waals surface area contributed by atoms with Crippen LogP contribution in [0.2, 0.25) is 0 Å². The van der Waals surface area contributed by atoms with Crippen molar-refractivity contribution in [3.63, 3.8) is 0 Å². The number of rotatable bonds is 9. The van der Waals surface area contributed by atoms with Gasteiger partial charge in [0.05, 0.1) is 16.8 Å². The molecule has 10 heteroatoms. The molecule has 5 aromatic rings. The largest absolute Gasteiger partial charge is 0.493 e. The molecule has 47 heavy (non-hydrogen) atoms. The number of piperidine rings is 1. The fraction of sp³-hybridized carbons (Fsp3) is 0.297. The predicted octanol–water partition coefficient (Wildman–Crippen LogP) is 6.95. The Kier molecular flexibility index (Phi) is 8.86. The SMILES string of the molecule is Cc1c(OCCC2CCNCC2)cccc1-c1ccc(N2CCc3cccc(C(=O)Nc4nc5ccccc5s4)c3C2)nc1C(=O)O. The van der Waals surface area contributed by atoms with Crippen LogP contribution in [0.25, 0.3) is 21.3 Å². The van der Waals surface area contributed by atoms with Crippen LogP contribution in [0.5, 0.6) is 5.75 Å². The lowest BCUT2D eigenvalue weighted by atomic mass is 9.94. The van der Waals surface area contributed by atoms with Crippen molar-refractivity contribution in [2.24, 2.45) is 5.92 Å². The Balaban J connectivity index is 1.11. The molecule has 240 valence electrons. The average molecular weight is 648 g/mol. The molecule has 0 saturated carbocycles. The number of carboxylic acid groups (broad SMARTS) is 1. The summed E-state index contributed by atoms with van der Waals surface area (Å²) in [6, 6.07) is 23.1. The number of ether oxygens (including phenoxy) is 1. The number of aromatic nitrogens is 2. The Morgan fingerprint density at radius 2 is 1.83 bits per heavy atom. The van der Waals surface area contributed by atoms with Gasteiger partial charge in [0.1, 0.15) is 11.6 Å². The minimum Gasteiger partial charge on any atom is -0.493 e. The number of amides is 1. The average Bonchev–Trinajstić information content (AvgIpc) is 3.51. The molecule has 3 N–H and O–H groups in total. The van der Waals surface area contributed by atoms with Crippen LogP contribution in [0.4, 0.5) is 10.9 Å². The fourth-order valence-electron chi connectivity index (χ4n) is 6.65. The summed E-state index contributed by atoms with van der Waals surface area (Å²) in [5.41, 5.74) is 5.66. The number of carbonyl (C=O) groups is 2. The molecule has 3 aromatic carbocycles. The third-order valence-electron chi connectivity index (χ3n) is 9.26.